The summed E-state index contributed by atoms with van der Waals surface area (Å²) < 4.78 is 29.2. The minimum atomic E-state index is -3.60. The van der Waals surface area contributed by atoms with Crippen LogP contribution in [0.1, 0.15) is 23.7 Å². The van der Waals surface area contributed by atoms with Crippen LogP contribution < -0.4 is 10.5 Å². The van der Waals surface area contributed by atoms with Gasteiger partial charge in [0.25, 0.3) is 0 Å². The lowest BCUT2D eigenvalue weighted by molar-refractivity contribution is 0.580. The van der Waals surface area contributed by atoms with Crippen molar-refractivity contribution in [1.29, 1.82) is 0 Å². The van der Waals surface area contributed by atoms with E-state index in [1.54, 1.807) is 23.0 Å². The van der Waals surface area contributed by atoms with Crippen molar-refractivity contribution in [3.05, 3.63) is 41.2 Å². The van der Waals surface area contributed by atoms with Crippen molar-refractivity contribution in [2.45, 2.75) is 31.7 Å². The summed E-state index contributed by atoms with van der Waals surface area (Å²) in [5, 5.41) is 4.10. The first kappa shape index (κ1) is 15.5. The number of aryl methyl sites for hydroxylation is 2. The van der Waals surface area contributed by atoms with Crippen LogP contribution in [0.5, 0.6) is 0 Å². The minimum Gasteiger partial charge on any atom is -0.399 e. The summed E-state index contributed by atoms with van der Waals surface area (Å²) >= 11 is 0. The number of rotatable bonds is 5. The van der Waals surface area contributed by atoms with Gasteiger partial charge >= 0.3 is 0 Å². The fourth-order valence-electron chi connectivity index (χ4n) is 2.08. The maximum absolute atomic E-state index is 12.5. The molecule has 0 spiro atoms. The molecule has 1 heterocycles. The van der Waals surface area contributed by atoms with Crippen LogP contribution in [0.25, 0.3) is 0 Å². The fraction of sp³-hybridized carbons (Fsp3) is 0.357. The Bertz CT molecular complexity index is 750. The van der Waals surface area contributed by atoms with Crippen LogP contribution in [0.4, 0.5) is 5.69 Å². The number of nitrogens with zero attached hydrogens (tertiary/aromatic N) is 2. The van der Waals surface area contributed by atoms with Gasteiger partial charge in [0.15, 0.2) is 0 Å². The molecule has 7 heteroatoms. The second-order valence-corrected chi connectivity index (χ2v) is 6.66. The van der Waals surface area contributed by atoms with Crippen molar-refractivity contribution in [3.63, 3.8) is 0 Å². The number of nitrogen functional groups attached to an aromatic ring is 1. The van der Waals surface area contributed by atoms with Crippen molar-refractivity contribution < 1.29 is 8.42 Å². The maximum atomic E-state index is 12.5. The van der Waals surface area contributed by atoms with E-state index in [2.05, 4.69) is 9.82 Å². The quantitative estimate of drug-likeness (QED) is 0.816. The highest BCUT2D eigenvalue weighted by Crippen LogP contribution is 2.20. The molecular weight excluding hydrogens is 288 g/mol. The van der Waals surface area contributed by atoms with Crippen molar-refractivity contribution in [2.75, 3.05) is 5.73 Å². The third-order valence-corrected chi connectivity index (χ3v) is 5.03. The third-order valence-electron chi connectivity index (χ3n) is 3.55. The van der Waals surface area contributed by atoms with Gasteiger partial charge < -0.3 is 5.73 Å². The zero-order chi connectivity index (χ0) is 15.6. The van der Waals surface area contributed by atoms with Crippen molar-refractivity contribution in [2.24, 2.45) is 7.05 Å². The van der Waals surface area contributed by atoms with Gasteiger partial charge in [-0.05, 0) is 31.0 Å². The second-order valence-electron chi connectivity index (χ2n) is 4.92. The van der Waals surface area contributed by atoms with Crippen molar-refractivity contribution in [3.8, 4) is 0 Å². The molecule has 114 valence electrons. The van der Waals surface area contributed by atoms with Gasteiger partial charge in [-0.1, -0.05) is 13.0 Å². The first-order chi connectivity index (χ1) is 9.85. The Labute approximate surface area is 125 Å². The average molecular weight is 308 g/mol. The van der Waals surface area contributed by atoms with Gasteiger partial charge in [0.1, 0.15) is 0 Å². The Hall–Kier alpha value is -1.86. The zero-order valence-electron chi connectivity index (χ0n) is 12.4. The maximum Gasteiger partial charge on any atom is 0.241 e. The highest BCUT2D eigenvalue weighted by atomic mass is 32.2. The summed E-state index contributed by atoms with van der Waals surface area (Å²) in [6, 6.07) is 4.96. The Balaban J connectivity index is 2.27. The van der Waals surface area contributed by atoms with Gasteiger partial charge in [0, 0.05) is 30.5 Å². The van der Waals surface area contributed by atoms with Gasteiger partial charge in [-0.25, -0.2) is 13.1 Å². The average Bonchev–Trinajstić information content (AvgIpc) is 2.77. The predicted octanol–water partition coefficient (Wildman–Crippen LogP) is 1.35. The molecule has 21 heavy (non-hydrogen) atoms. The predicted molar refractivity (Wildman–Crippen MR) is 82.2 cm³/mol. The van der Waals surface area contributed by atoms with Gasteiger partial charge in [-0.3, -0.25) is 4.68 Å². The molecule has 6 nitrogen and oxygen atoms in total. The van der Waals surface area contributed by atoms with E-state index in [-0.39, 0.29) is 11.4 Å². The molecule has 1 aromatic carbocycles. The number of sulfonamides is 1. The van der Waals surface area contributed by atoms with E-state index in [1.165, 1.54) is 6.07 Å². The minimum absolute atomic E-state index is 0.208. The summed E-state index contributed by atoms with van der Waals surface area (Å²) in [6.45, 7) is 4.02. The molecule has 0 bridgehead atoms. The molecule has 0 amide bonds. The van der Waals surface area contributed by atoms with Crippen LogP contribution in [0.15, 0.2) is 29.3 Å². The summed E-state index contributed by atoms with van der Waals surface area (Å²) in [5.41, 5.74) is 8.67. The first-order valence-corrected chi connectivity index (χ1v) is 8.19. The van der Waals surface area contributed by atoms with Crippen LogP contribution in [0.3, 0.4) is 0 Å². The number of nitrogens with two attached hydrogens (primary N) is 1. The first-order valence-electron chi connectivity index (χ1n) is 6.70. The standard InChI is InChI=1S/C14H20N4O2S/c1-4-11-5-6-13(15)7-14(11)21(19,20)17-9-12-8-16-18(3)10(12)2/h5-8,17H,4,9,15H2,1-3H3. The van der Waals surface area contributed by atoms with Gasteiger partial charge in [-0.15, -0.1) is 0 Å². The zero-order valence-corrected chi connectivity index (χ0v) is 13.2. The number of anilines is 1. The lowest BCUT2D eigenvalue weighted by atomic mass is 10.1. The normalized spacial score (nSPS) is 11.8. The number of hydrogen-bond donors (Lipinski definition) is 2. The number of aromatic nitrogens is 2. The molecule has 0 fully saturated rings. The van der Waals surface area contributed by atoms with Gasteiger partial charge in [-0.2, -0.15) is 5.10 Å². The van der Waals surface area contributed by atoms with Crippen LogP contribution in [0.2, 0.25) is 0 Å². The highest BCUT2D eigenvalue weighted by molar-refractivity contribution is 7.89. The summed E-state index contributed by atoms with van der Waals surface area (Å²) in [7, 11) is -1.78. The number of nitrogens with one attached hydrogen (secondary N) is 1. The fourth-order valence-corrected chi connectivity index (χ4v) is 3.43. The van der Waals surface area contributed by atoms with E-state index in [0.717, 1.165) is 16.8 Å². The smallest absolute Gasteiger partial charge is 0.241 e. The van der Waals surface area contributed by atoms with E-state index in [4.69, 9.17) is 5.73 Å². The summed E-state index contributed by atoms with van der Waals surface area (Å²) in [4.78, 5) is 0.242. The molecule has 0 aliphatic heterocycles. The molecule has 0 saturated carbocycles. The van der Waals surface area contributed by atoms with Crippen LogP contribution >= 0.6 is 0 Å². The number of benzene rings is 1. The van der Waals surface area contributed by atoms with E-state index in [9.17, 15) is 8.42 Å². The third kappa shape index (κ3) is 3.25. The number of hydrogen-bond acceptors (Lipinski definition) is 4. The molecule has 2 rings (SSSR count). The molecule has 0 atom stereocenters. The van der Waals surface area contributed by atoms with E-state index in [0.29, 0.717) is 12.1 Å². The Morgan fingerprint density at radius 1 is 1.33 bits per heavy atom. The molecule has 3 N–H and O–H groups in total. The molecule has 0 aliphatic carbocycles. The lowest BCUT2D eigenvalue weighted by Gasteiger charge is -2.11. The van der Waals surface area contributed by atoms with E-state index in [1.807, 2.05) is 20.9 Å². The topological polar surface area (TPSA) is 90.0 Å². The largest absolute Gasteiger partial charge is 0.399 e. The van der Waals surface area contributed by atoms with E-state index < -0.39 is 10.0 Å². The molecule has 1 aromatic heterocycles. The second kappa shape index (κ2) is 5.87. The summed E-state index contributed by atoms with van der Waals surface area (Å²) in [6.07, 6.45) is 2.29. The molecule has 0 aliphatic rings. The van der Waals surface area contributed by atoms with Crippen LogP contribution in [0, 0.1) is 6.92 Å². The lowest BCUT2D eigenvalue weighted by Crippen LogP contribution is -2.24. The van der Waals surface area contributed by atoms with Gasteiger partial charge in [0.2, 0.25) is 10.0 Å². The van der Waals surface area contributed by atoms with Crippen molar-refractivity contribution in [1.82, 2.24) is 14.5 Å². The Morgan fingerprint density at radius 3 is 2.62 bits per heavy atom. The van der Waals surface area contributed by atoms with Crippen molar-refractivity contribution >= 4 is 15.7 Å². The van der Waals surface area contributed by atoms with E-state index >= 15 is 0 Å². The summed E-state index contributed by atoms with van der Waals surface area (Å²) in [5.74, 6) is 0. The molecular formula is C14H20N4O2S. The Kier molecular flexibility index (Phi) is 4.34. The van der Waals surface area contributed by atoms with Crippen LogP contribution in [-0.4, -0.2) is 18.2 Å². The molecule has 0 unspecified atom stereocenters. The highest BCUT2D eigenvalue weighted by Gasteiger charge is 2.18. The molecule has 2 aromatic rings. The van der Waals surface area contributed by atoms with Gasteiger partial charge in [0.05, 0.1) is 11.1 Å². The monoisotopic (exact) mass is 308 g/mol. The molecule has 0 radical (unpaired) electrons. The van der Waals surface area contributed by atoms with Crippen LogP contribution in [-0.2, 0) is 30.0 Å². The SMILES string of the molecule is CCc1ccc(N)cc1S(=O)(=O)NCc1cnn(C)c1C. The molecule has 0 saturated heterocycles. The Morgan fingerprint density at radius 2 is 2.05 bits per heavy atom.